The first-order valence-electron chi connectivity index (χ1n) is 10.6. The van der Waals surface area contributed by atoms with Gasteiger partial charge in [0, 0.05) is 38.1 Å². The van der Waals surface area contributed by atoms with Crippen LogP contribution in [0.15, 0.2) is 47.8 Å². The van der Waals surface area contributed by atoms with Gasteiger partial charge in [0.1, 0.15) is 17.1 Å². The lowest BCUT2D eigenvalue weighted by molar-refractivity contribution is 0.0728. The molecule has 0 bridgehead atoms. The highest BCUT2D eigenvalue weighted by atomic mass is 19.1. The summed E-state index contributed by atoms with van der Waals surface area (Å²) in [6.45, 7) is 1.91. The third-order valence-electron chi connectivity index (χ3n) is 6.13. The number of nitrogens with one attached hydrogen (secondary N) is 1. The Morgan fingerprint density at radius 2 is 1.75 bits per heavy atom. The summed E-state index contributed by atoms with van der Waals surface area (Å²) >= 11 is 0. The Labute approximate surface area is 183 Å². The molecular weight excluding hydrogens is 413 g/mol. The molecular formula is C23H22FN5O3. The molecule has 2 aliphatic heterocycles. The number of carbonyl (C=O) groups is 2. The Kier molecular flexibility index (Phi) is 5.08. The van der Waals surface area contributed by atoms with Crippen LogP contribution in [0.25, 0.3) is 5.69 Å². The molecule has 0 saturated carbocycles. The molecule has 1 N–H and O–H groups in total. The summed E-state index contributed by atoms with van der Waals surface area (Å²) in [4.78, 5) is 49.7. The van der Waals surface area contributed by atoms with Crippen LogP contribution < -0.4 is 5.56 Å². The van der Waals surface area contributed by atoms with Crippen molar-refractivity contribution in [2.24, 2.45) is 0 Å². The molecule has 9 heteroatoms. The van der Waals surface area contributed by atoms with E-state index in [0.717, 1.165) is 18.4 Å². The molecule has 1 aromatic carbocycles. The Balaban J connectivity index is 1.60. The highest BCUT2D eigenvalue weighted by Gasteiger charge is 2.31. The lowest BCUT2D eigenvalue weighted by Gasteiger charge is -2.31. The number of amides is 2. The number of aromatic amines is 1. The number of H-pyrrole nitrogens is 1. The first-order chi connectivity index (χ1) is 15.5. The van der Waals surface area contributed by atoms with Crippen molar-refractivity contribution in [3.63, 3.8) is 0 Å². The van der Waals surface area contributed by atoms with Crippen molar-refractivity contribution < 1.29 is 14.0 Å². The number of nitrogens with zero attached hydrogens (tertiary/aromatic N) is 4. The fraction of sp³-hybridized carbons (Fsp3) is 0.304. The van der Waals surface area contributed by atoms with Gasteiger partial charge < -0.3 is 14.8 Å². The van der Waals surface area contributed by atoms with Gasteiger partial charge in [0.25, 0.3) is 17.4 Å². The molecule has 3 aromatic rings. The first kappa shape index (κ1) is 20.2. The van der Waals surface area contributed by atoms with Gasteiger partial charge in [-0.15, -0.1) is 0 Å². The topological polar surface area (TPSA) is 91.3 Å². The van der Waals surface area contributed by atoms with Gasteiger partial charge in [0.2, 0.25) is 0 Å². The minimum absolute atomic E-state index is 0.155. The molecule has 8 nitrogen and oxygen atoms in total. The van der Waals surface area contributed by atoms with E-state index in [1.807, 2.05) is 0 Å². The Morgan fingerprint density at radius 3 is 2.44 bits per heavy atom. The van der Waals surface area contributed by atoms with Crippen molar-refractivity contribution in [1.29, 1.82) is 0 Å². The van der Waals surface area contributed by atoms with Crippen LogP contribution in [0.1, 0.15) is 44.8 Å². The zero-order chi connectivity index (χ0) is 22.2. The minimum Gasteiger partial charge on any atom is -0.341 e. The van der Waals surface area contributed by atoms with Gasteiger partial charge >= 0.3 is 0 Å². The third kappa shape index (κ3) is 3.49. The van der Waals surface area contributed by atoms with E-state index in [2.05, 4.69) is 9.97 Å². The van der Waals surface area contributed by atoms with Gasteiger partial charge in [-0.05, 0) is 54.7 Å². The minimum atomic E-state index is -0.416. The smallest absolute Gasteiger partial charge is 0.272 e. The van der Waals surface area contributed by atoms with Crippen LogP contribution in [0.2, 0.25) is 0 Å². The maximum absolute atomic E-state index is 13.5. The van der Waals surface area contributed by atoms with E-state index in [-0.39, 0.29) is 23.9 Å². The Bertz CT molecular complexity index is 1230. The fourth-order valence-electron chi connectivity index (χ4n) is 4.46. The molecule has 0 aliphatic carbocycles. The normalized spacial score (nSPS) is 15.7. The van der Waals surface area contributed by atoms with Crippen LogP contribution in [0, 0.1) is 5.82 Å². The summed E-state index contributed by atoms with van der Waals surface area (Å²) in [6.07, 6.45) is 6.82. The molecule has 1 saturated heterocycles. The second-order valence-corrected chi connectivity index (χ2v) is 8.10. The molecule has 0 unspecified atom stereocenters. The molecule has 2 aliphatic rings. The molecule has 5 rings (SSSR count). The van der Waals surface area contributed by atoms with Crippen molar-refractivity contribution in [2.75, 3.05) is 19.6 Å². The summed E-state index contributed by atoms with van der Waals surface area (Å²) in [5, 5.41) is 0. The summed E-state index contributed by atoms with van der Waals surface area (Å²) in [6, 6.07) is 5.56. The van der Waals surface area contributed by atoms with Crippen molar-refractivity contribution in [3.05, 3.63) is 81.5 Å². The number of hydrogen-bond donors (Lipinski definition) is 1. The lowest BCUT2D eigenvalue weighted by atomic mass is 9.95. The van der Waals surface area contributed by atoms with Gasteiger partial charge in [-0.25, -0.2) is 9.37 Å². The van der Waals surface area contributed by atoms with Gasteiger partial charge in [-0.1, -0.05) is 0 Å². The van der Waals surface area contributed by atoms with Gasteiger partial charge in [0.05, 0.1) is 12.5 Å². The predicted octanol–water partition coefficient (Wildman–Crippen LogP) is 2.13. The van der Waals surface area contributed by atoms with Crippen LogP contribution in [-0.2, 0) is 13.0 Å². The number of benzene rings is 1. The number of likely N-dealkylation sites (tertiary alicyclic amines) is 1. The van der Waals surface area contributed by atoms with E-state index in [0.29, 0.717) is 43.0 Å². The SMILES string of the molecule is O=C(c1cnc[nH]1)N1CCc2c(cn(-c3ccc(F)cc3)c(=O)c2C(=O)N2CCCC2)C1. The summed E-state index contributed by atoms with van der Waals surface area (Å²) in [7, 11) is 0. The van der Waals surface area contributed by atoms with Crippen molar-refractivity contribution >= 4 is 11.8 Å². The maximum Gasteiger partial charge on any atom is 0.272 e. The average molecular weight is 435 g/mol. The first-order valence-corrected chi connectivity index (χ1v) is 10.6. The largest absolute Gasteiger partial charge is 0.341 e. The summed E-state index contributed by atoms with van der Waals surface area (Å²) in [5.41, 5.74) is 2.01. The molecule has 2 aromatic heterocycles. The molecule has 2 amide bonds. The van der Waals surface area contributed by atoms with Gasteiger partial charge in [0.15, 0.2) is 0 Å². The number of aromatic nitrogens is 3. The molecule has 0 atom stereocenters. The van der Waals surface area contributed by atoms with Gasteiger partial charge in [-0.2, -0.15) is 0 Å². The van der Waals surface area contributed by atoms with Crippen LogP contribution in [0.4, 0.5) is 4.39 Å². The van der Waals surface area contributed by atoms with Gasteiger partial charge in [-0.3, -0.25) is 19.0 Å². The number of rotatable bonds is 3. The highest BCUT2D eigenvalue weighted by molar-refractivity contribution is 5.96. The Hall–Kier alpha value is -3.75. The monoisotopic (exact) mass is 435 g/mol. The van der Waals surface area contributed by atoms with E-state index in [1.165, 1.54) is 41.4 Å². The Morgan fingerprint density at radius 1 is 1.00 bits per heavy atom. The van der Waals surface area contributed by atoms with Crippen molar-refractivity contribution in [1.82, 2.24) is 24.3 Å². The number of imidazole rings is 1. The molecule has 0 spiro atoms. The fourth-order valence-corrected chi connectivity index (χ4v) is 4.46. The molecule has 0 radical (unpaired) electrons. The number of carbonyl (C=O) groups excluding carboxylic acids is 2. The quantitative estimate of drug-likeness (QED) is 0.682. The van der Waals surface area contributed by atoms with Crippen LogP contribution in [-0.4, -0.2) is 55.8 Å². The van der Waals surface area contributed by atoms with Crippen LogP contribution >= 0.6 is 0 Å². The third-order valence-corrected chi connectivity index (χ3v) is 6.13. The summed E-state index contributed by atoms with van der Waals surface area (Å²) in [5.74, 6) is -0.877. The van der Waals surface area contributed by atoms with Crippen LogP contribution in [0.3, 0.4) is 0 Å². The average Bonchev–Trinajstić information content (AvgIpc) is 3.53. The molecule has 164 valence electrons. The lowest BCUT2D eigenvalue weighted by Crippen LogP contribution is -2.41. The standard InChI is InChI=1S/C23H22FN5O3/c24-16-3-5-17(6-4-16)29-13-15-12-28(21(30)19-11-25-14-26-19)10-7-18(15)20(23(29)32)22(31)27-8-1-2-9-27/h3-6,11,13-14H,1-2,7-10,12H2,(H,25,26). The number of pyridine rings is 1. The highest BCUT2D eigenvalue weighted by Crippen LogP contribution is 2.25. The van der Waals surface area contributed by atoms with Crippen molar-refractivity contribution in [3.8, 4) is 5.69 Å². The molecule has 32 heavy (non-hydrogen) atoms. The van der Waals surface area contributed by atoms with E-state index < -0.39 is 11.4 Å². The second-order valence-electron chi connectivity index (χ2n) is 8.10. The number of fused-ring (bicyclic) bond motifs is 1. The second kappa shape index (κ2) is 8.07. The van der Waals surface area contributed by atoms with Crippen molar-refractivity contribution in [2.45, 2.75) is 25.8 Å². The van der Waals surface area contributed by atoms with E-state index in [4.69, 9.17) is 0 Å². The molecule has 1 fully saturated rings. The van der Waals surface area contributed by atoms with E-state index in [1.54, 1.807) is 16.0 Å². The molecule has 4 heterocycles. The maximum atomic E-state index is 13.5. The zero-order valence-corrected chi connectivity index (χ0v) is 17.4. The summed E-state index contributed by atoms with van der Waals surface area (Å²) < 4.78 is 14.8. The van der Waals surface area contributed by atoms with E-state index >= 15 is 0 Å². The zero-order valence-electron chi connectivity index (χ0n) is 17.4. The number of hydrogen-bond acceptors (Lipinski definition) is 4. The predicted molar refractivity (Wildman–Crippen MR) is 114 cm³/mol. The van der Waals surface area contributed by atoms with E-state index in [9.17, 15) is 18.8 Å². The van der Waals surface area contributed by atoms with Crippen LogP contribution in [0.5, 0.6) is 0 Å². The number of halogens is 1.